The van der Waals surface area contributed by atoms with E-state index in [1.807, 2.05) is 41.3 Å². The van der Waals surface area contributed by atoms with Gasteiger partial charge in [0, 0.05) is 29.9 Å². The first-order chi connectivity index (χ1) is 16.5. The van der Waals surface area contributed by atoms with Gasteiger partial charge in [-0.05, 0) is 80.4 Å². The SMILES string of the molecule is Cc1ccc2c(c1)C1(CCN(Cc3ccc(C#N)cc3)CC1)CN2C(=O)Nc1cccc(F)c1. The molecule has 0 saturated carbocycles. The third kappa shape index (κ3) is 4.27. The highest BCUT2D eigenvalue weighted by Crippen LogP contribution is 2.47. The van der Waals surface area contributed by atoms with Crippen LogP contribution < -0.4 is 10.2 Å². The fourth-order valence-electron chi connectivity index (χ4n) is 5.23. The van der Waals surface area contributed by atoms with Gasteiger partial charge in [0.05, 0.1) is 11.6 Å². The first kappa shape index (κ1) is 22.1. The first-order valence-electron chi connectivity index (χ1n) is 11.6. The largest absolute Gasteiger partial charge is 0.326 e. The number of urea groups is 1. The van der Waals surface area contributed by atoms with Crippen molar-refractivity contribution in [2.24, 2.45) is 0 Å². The summed E-state index contributed by atoms with van der Waals surface area (Å²) >= 11 is 0. The number of carbonyl (C=O) groups is 1. The van der Waals surface area contributed by atoms with Crippen LogP contribution in [0.2, 0.25) is 0 Å². The van der Waals surface area contributed by atoms with Crippen molar-refractivity contribution >= 4 is 17.4 Å². The summed E-state index contributed by atoms with van der Waals surface area (Å²) in [6, 6.07) is 22.0. The standard InChI is InChI=1S/C28H27FN4O/c1-20-5-10-26-25(15-20)28(19-33(26)27(34)31-24-4-2-3-23(29)16-24)11-13-32(14-12-28)18-22-8-6-21(17-30)7-9-22/h2-10,15-16H,11-14,18-19H2,1H3,(H,31,34). The van der Waals surface area contributed by atoms with Crippen LogP contribution in [-0.2, 0) is 12.0 Å². The van der Waals surface area contributed by atoms with Gasteiger partial charge in [0.15, 0.2) is 0 Å². The summed E-state index contributed by atoms with van der Waals surface area (Å²) in [5, 5.41) is 11.9. The third-order valence-electron chi connectivity index (χ3n) is 7.10. The van der Waals surface area contributed by atoms with Crippen LogP contribution >= 0.6 is 0 Å². The van der Waals surface area contributed by atoms with Crippen LogP contribution in [0.15, 0.2) is 66.7 Å². The van der Waals surface area contributed by atoms with Gasteiger partial charge in [-0.1, -0.05) is 35.9 Å². The average molecular weight is 455 g/mol. The van der Waals surface area contributed by atoms with Crippen molar-refractivity contribution in [2.75, 3.05) is 29.9 Å². The molecule has 3 aromatic rings. The van der Waals surface area contributed by atoms with E-state index in [2.05, 4.69) is 29.3 Å². The van der Waals surface area contributed by atoms with Crippen LogP contribution in [0.5, 0.6) is 0 Å². The van der Waals surface area contributed by atoms with Crippen LogP contribution in [0.1, 0.15) is 35.1 Å². The summed E-state index contributed by atoms with van der Waals surface area (Å²) in [7, 11) is 0. The molecule has 2 aliphatic heterocycles. The predicted molar refractivity (Wildman–Crippen MR) is 131 cm³/mol. The Kier molecular flexibility index (Phi) is 5.80. The third-order valence-corrected chi connectivity index (χ3v) is 7.10. The van der Waals surface area contributed by atoms with E-state index in [0.29, 0.717) is 17.8 Å². The lowest BCUT2D eigenvalue weighted by Crippen LogP contribution is -2.46. The lowest BCUT2D eigenvalue weighted by Gasteiger charge is -2.40. The van der Waals surface area contributed by atoms with Gasteiger partial charge in [0.25, 0.3) is 0 Å². The Hall–Kier alpha value is -3.69. The minimum Gasteiger partial charge on any atom is -0.307 e. The number of hydrogen-bond acceptors (Lipinski definition) is 3. The molecule has 6 heteroatoms. The van der Waals surface area contributed by atoms with Crippen molar-refractivity contribution in [3.05, 3.63) is 94.8 Å². The minimum absolute atomic E-state index is 0.0816. The van der Waals surface area contributed by atoms with Crippen molar-refractivity contribution in [1.82, 2.24) is 4.90 Å². The van der Waals surface area contributed by atoms with E-state index in [-0.39, 0.29) is 17.3 Å². The highest BCUT2D eigenvalue weighted by molar-refractivity contribution is 6.03. The molecule has 0 aromatic heterocycles. The summed E-state index contributed by atoms with van der Waals surface area (Å²) in [5.74, 6) is -0.374. The number of nitriles is 1. The Labute approximate surface area is 199 Å². The number of nitrogens with zero attached hydrogens (tertiary/aromatic N) is 3. The zero-order chi connectivity index (χ0) is 23.7. The van der Waals surface area contributed by atoms with Crippen molar-refractivity contribution in [2.45, 2.75) is 31.7 Å². The van der Waals surface area contributed by atoms with Crippen LogP contribution in [0.3, 0.4) is 0 Å². The van der Waals surface area contributed by atoms with Gasteiger partial charge in [-0.3, -0.25) is 9.80 Å². The summed E-state index contributed by atoms with van der Waals surface area (Å²) in [6.45, 7) is 5.44. The summed E-state index contributed by atoms with van der Waals surface area (Å²) in [5.41, 5.74) is 5.62. The van der Waals surface area contributed by atoms with Crippen LogP contribution in [-0.4, -0.2) is 30.6 Å². The number of benzene rings is 3. The molecule has 172 valence electrons. The lowest BCUT2D eigenvalue weighted by atomic mass is 9.74. The number of nitrogens with one attached hydrogen (secondary N) is 1. The van der Waals surface area contributed by atoms with Crippen molar-refractivity contribution < 1.29 is 9.18 Å². The fourth-order valence-corrected chi connectivity index (χ4v) is 5.23. The van der Waals surface area contributed by atoms with Crippen LogP contribution in [0.4, 0.5) is 20.6 Å². The molecule has 34 heavy (non-hydrogen) atoms. The van der Waals surface area contributed by atoms with E-state index in [1.54, 1.807) is 12.1 Å². The lowest BCUT2D eigenvalue weighted by molar-refractivity contribution is 0.160. The zero-order valence-electron chi connectivity index (χ0n) is 19.2. The van der Waals surface area contributed by atoms with Crippen molar-refractivity contribution in [1.29, 1.82) is 5.26 Å². The number of aryl methyl sites for hydroxylation is 1. The average Bonchev–Trinajstić information content (AvgIpc) is 3.14. The molecular weight excluding hydrogens is 427 g/mol. The van der Waals surface area contributed by atoms with E-state index in [0.717, 1.165) is 38.2 Å². The van der Waals surface area contributed by atoms with E-state index in [9.17, 15) is 9.18 Å². The first-order valence-corrected chi connectivity index (χ1v) is 11.6. The molecule has 0 bridgehead atoms. The summed E-state index contributed by atoms with van der Waals surface area (Å²) < 4.78 is 13.6. The number of carbonyl (C=O) groups excluding carboxylic acids is 1. The maximum Gasteiger partial charge on any atom is 0.326 e. The highest BCUT2D eigenvalue weighted by atomic mass is 19.1. The topological polar surface area (TPSA) is 59.4 Å². The van der Waals surface area contributed by atoms with E-state index < -0.39 is 0 Å². The van der Waals surface area contributed by atoms with E-state index >= 15 is 0 Å². The molecule has 0 aliphatic carbocycles. The van der Waals surface area contributed by atoms with Gasteiger partial charge in [0.1, 0.15) is 5.82 Å². The Morgan fingerprint density at radius 3 is 2.56 bits per heavy atom. The van der Waals surface area contributed by atoms with Gasteiger partial charge in [-0.2, -0.15) is 5.26 Å². The normalized spacial score (nSPS) is 16.8. The number of halogens is 1. The van der Waals surface area contributed by atoms with Gasteiger partial charge in [0.2, 0.25) is 0 Å². The number of piperidine rings is 1. The second-order valence-corrected chi connectivity index (χ2v) is 9.41. The molecule has 0 unspecified atom stereocenters. The van der Waals surface area contributed by atoms with Gasteiger partial charge < -0.3 is 5.32 Å². The molecule has 1 spiro atoms. The fraction of sp³-hybridized carbons (Fsp3) is 0.286. The molecule has 1 saturated heterocycles. The molecule has 1 N–H and O–H groups in total. The predicted octanol–water partition coefficient (Wildman–Crippen LogP) is 5.59. The Bertz CT molecular complexity index is 1260. The number of hydrogen-bond donors (Lipinski definition) is 1. The molecule has 2 amide bonds. The molecular formula is C28H27FN4O. The maximum absolute atomic E-state index is 13.6. The number of anilines is 2. The second-order valence-electron chi connectivity index (χ2n) is 9.41. The zero-order valence-corrected chi connectivity index (χ0v) is 19.2. The van der Waals surface area contributed by atoms with Crippen molar-refractivity contribution in [3.63, 3.8) is 0 Å². The Balaban J connectivity index is 1.33. The summed E-state index contributed by atoms with van der Waals surface area (Å²) in [6.07, 6.45) is 1.92. The monoisotopic (exact) mass is 454 g/mol. The van der Waals surface area contributed by atoms with Crippen LogP contribution in [0, 0.1) is 24.1 Å². The quantitative estimate of drug-likeness (QED) is 0.561. The van der Waals surface area contributed by atoms with E-state index in [4.69, 9.17) is 5.26 Å². The molecule has 2 heterocycles. The molecule has 0 atom stereocenters. The molecule has 1 fully saturated rings. The van der Waals surface area contributed by atoms with Gasteiger partial charge in [-0.25, -0.2) is 9.18 Å². The molecule has 5 nitrogen and oxygen atoms in total. The molecule has 2 aliphatic rings. The summed E-state index contributed by atoms with van der Waals surface area (Å²) in [4.78, 5) is 17.5. The number of rotatable bonds is 3. The minimum atomic E-state index is -0.374. The van der Waals surface area contributed by atoms with Crippen LogP contribution in [0.25, 0.3) is 0 Å². The maximum atomic E-state index is 13.6. The number of likely N-dealkylation sites (tertiary alicyclic amines) is 1. The Morgan fingerprint density at radius 1 is 1.09 bits per heavy atom. The smallest absolute Gasteiger partial charge is 0.307 e. The van der Waals surface area contributed by atoms with Gasteiger partial charge in [-0.15, -0.1) is 0 Å². The Morgan fingerprint density at radius 2 is 1.85 bits per heavy atom. The molecule has 5 rings (SSSR count). The highest BCUT2D eigenvalue weighted by Gasteiger charge is 2.46. The molecule has 3 aromatic carbocycles. The van der Waals surface area contributed by atoms with Gasteiger partial charge >= 0.3 is 6.03 Å². The van der Waals surface area contributed by atoms with E-state index in [1.165, 1.54) is 28.8 Å². The van der Waals surface area contributed by atoms with Crippen molar-refractivity contribution in [3.8, 4) is 6.07 Å². The molecule has 0 radical (unpaired) electrons. The number of amides is 2. The number of fused-ring (bicyclic) bond motifs is 2. The second kappa shape index (κ2) is 8.92.